The summed E-state index contributed by atoms with van der Waals surface area (Å²) < 4.78 is 6.40. The van der Waals surface area contributed by atoms with Gasteiger partial charge < -0.3 is 20.1 Å². The highest BCUT2D eigenvalue weighted by Gasteiger charge is 2.16. The second-order valence-electron chi connectivity index (χ2n) is 5.31. The van der Waals surface area contributed by atoms with E-state index in [4.69, 9.17) is 4.74 Å². The fraction of sp³-hybridized carbons (Fsp3) is 0.600. The van der Waals surface area contributed by atoms with Crippen molar-refractivity contribution in [2.45, 2.75) is 32.2 Å². The number of nitrogens with zero attached hydrogens (tertiary/aromatic N) is 1. The van der Waals surface area contributed by atoms with Gasteiger partial charge >= 0.3 is 0 Å². The third kappa shape index (κ3) is 7.78. The summed E-state index contributed by atoms with van der Waals surface area (Å²) >= 11 is 3.38. The molecular formula is C15H24BrNO4. The van der Waals surface area contributed by atoms with Crippen LogP contribution in [-0.4, -0.2) is 64.8 Å². The summed E-state index contributed by atoms with van der Waals surface area (Å²) in [5, 5.41) is 29.0. The summed E-state index contributed by atoms with van der Waals surface area (Å²) in [6.45, 7) is 4.64. The average molecular weight is 362 g/mol. The Morgan fingerprint density at radius 1 is 1.05 bits per heavy atom. The Labute approximate surface area is 134 Å². The molecule has 0 amide bonds. The Bertz CT molecular complexity index is 404. The Morgan fingerprint density at radius 2 is 1.62 bits per heavy atom. The van der Waals surface area contributed by atoms with E-state index in [0.717, 1.165) is 4.47 Å². The summed E-state index contributed by atoms with van der Waals surface area (Å²) in [5.41, 5.74) is 0. The van der Waals surface area contributed by atoms with Gasteiger partial charge in [0.2, 0.25) is 0 Å². The Kier molecular flexibility index (Phi) is 8.21. The molecule has 0 unspecified atom stereocenters. The molecule has 3 N–H and O–H groups in total. The molecular weight excluding hydrogens is 338 g/mol. The zero-order valence-electron chi connectivity index (χ0n) is 12.4. The van der Waals surface area contributed by atoms with Crippen LogP contribution in [0.2, 0.25) is 0 Å². The van der Waals surface area contributed by atoms with Crippen molar-refractivity contribution in [2.24, 2.45) is 0 Å². The summed E-state index contributed by atoms with van der Waals surface area (Å²) in [4.78, 5) is 1.82. The van der Waals surface area contributed by atoms with E-state index in [1.807, 2.05) is 29.2 Å². The lowest BCUT2D eigenvalue weighted by Crippen LogP contribution is -2.42. The second kappa shape index (κ2) is 9.38. The summed E-state index contributed by atoms with van der Waals surface area (Å²) in [5.74, 6) is 0.675. The van der Waals surface area contributed by atoms with Gasteiger partial charge in [0, 0.05) is 19.6 Å². The first-order chi connectivity index (χ1) is 9.88. The maximum Gasteiger partial charge on any atom is 0.133 e. The van der Waals surface area contributed by atoms with Crippen molar-refractivity contribution in [1.29, 1.82) is 0 Å². The quantitative estimate of drug-likeness (QED) is 0.617. The van der Waals surface area contributed by atoms with E-state index in [9.17, 15) is 15.3 Å². The number of benzene rings is 1. The standard InChI is InChI=1S/C15H24BrNO4/c1-11(18)7-17(8-12(2)19)9-13(20)10-21-15-6-4-3-5-14(15)16/h3-6,11-13,18-20H,7-10H2,1-2H3/t11-,12-,13-/m0/s1. The molecule has 0 fully saturated rings. The van der Waals surface area contributed by atoms with Crippen molar-refractivity contribution in [3.05, 3.63) is 28.7 Å². The van der Waals surface area contributed by atoms with E-state index in [1.165, 1.54) is 0 Å². The van der Waals surface area contributed by atoms with Gasteiger partial charge in [0.15, 0.2) is 0 Å². The van der Waals surface area contributed by atoms with Gasteiger partial charge in [-0.15, -0.1) is 0 Å². The number of aliphatic hydroxyl groups is 3. The predicted octanol–water partition coefficient (Wildman–Crippen LogP) is 1.25. The first-order valence-corrected chi connectivity index (χ1v) is 7.81. The van der Waals surface area contributed by atoms with Crippen LogP contribution in [0.15, 0.2) is 28.7 Å². The van der Waals surface area contributed by atoms with Crippen molar-refractivity contribution in [2.75, 3.05) is 26.2 Å². The molecule has 0 radical (unpaired) electrons. The van der Waals surface area contributed by atoms with Crippen molar-refractivity contribution in [3.63, 3.8) is 0 Å². The van der Waals surface area contributed by atoms with Gasteiger partial charge in [-0.25, -0.2) is 0 Å². The van der Waals surface area contributed by atoms with E-state index >= 15 is 0 Å². The first-order valence-electron chi connectivity index (χ1n) is 7.02. The summed E-state index contributed by atoms with van der Waals surface area (Å²) in [6, 6.07) is 7.44. The first kappa shape index (κ1) is 18.4. The molecule has 6 heteroatoms. The molecule has 0 aromatic heterocycles. The number of halogens is 1. The fourth-order valence-electron chi connectivity index (χ4n) is 2.07. The van der Waals surface area contributed by atoms with E-state index in [0.29, 0.717) is 25.4 Å². The van der Waals surface area contributed by atoms with Crippen molar-refractivity contribution < 1.29 is 20.1 Å². The molecule has 0 aliphatic rings. The molecule has 1 rings (SSSR count). The van der Waals surface area contributed by atoms with Crippen molar-refractivity contribution >= 4 is 15.9 Å². The molecule has 0 saturated carbocycles. The number of aliphatic hydroxyl groups excluding tert-OH is 3. The molecule has 0 aliphatic carbocycles. The average Bonchev–Trinajstić information content (AvgIpc) is 2.36. The zero-order valence-corrected chi connectivity index (χ0v) is 14.0. The fourth-order valence-corrected chi connectivity index (χ4v) is 2.47. The van der Waals surface area contributed by atoms with Crippen LogP contribution in [0.5, 0.6) is 5.75 Å². The summed E-state index contributed by atoms with van der Waals surface area (Å²) in [7, 11) is 0. The SMILES string of the molecule is C[C@H](O)CN(C[C@H](O)COc1ccccc1Br)C[C@H](C)O. The molecule has 120 valence electrons. The van der Waals surface area contributed by atoms with Crippen LogP contribution in [-0.2, 0) is 0 Å². The molecule has 1 aromatic rings. The highest BCUT2D eigenvalue weighted by atomic mass is 79.9. The molecule has 0 spiro atoms. The number of para-hydroxylation sites is 1. The van der Waals surface area contributed by atoms with Gasteiger partial charge in [-0.05, 0) is 41.9 Å². The van der Waals surface area contributed by atoms with Crippen LogP contribution < -0.4 is 4.74 Å². The third-order valence-electron chi connectivity index (χ3n) is 2.78. The van der Waals surface area contributed by atoms with Crippen LogP contribution in [0, 0.1) is 0 Å². The van der Waals surface area contributed by atoms with Crippen LogP contribution in [0.1, 0.15) is 13.8 Å². The van der Waals surface area contributed by atoms with Crippen LogP contribution >= 0.6 is 15.9 Å². The molecule has 0 heterocycles. The number of hydrogen-bond acceptors (Lipinski definition) is 5. The van der Waals surface area contributed by atoms with Gasteiger partial charge in [0.25, 0.3) is 0 Å². The molecule has 1 aromatic carbocycles. The van der Waals surface area contributed by atoms with Gasteiger partial charge in [0.05, 0.1) is 16.7 Å². The molecule has 21 heavy (non-hydrogen) atoms. The van der Waals surface area contributed by atoms with E-state index in [2.05, 4.69) is 15.9 Å². The molecule has 5 nitrogen and oxygen atoms in total. The van der Waals surface area contributed by atoms with E-state index in [-0.39, 0.29) is 6.61 Å². The monoisotopic (exact) mass is 361 g/mol. The lowest BCUT2D eigenvalue weighted by Gasteiger charge is -2.27. The third-order valence-corrected chi connectivity index (χ3v) is 3.44. The zero-order chi connectivity index (χ0) is 15.8. The topological polar surface area (TPSA) is 73.2 Å². The Hall–Kier alpha value is -0.660. The molecule has 0 aliphatic heterocycles. The minimum atomic E-state index is -0.699. The van der Waals surface area contributed by atoms with Crippen LogP contribution in [0.25, 0.3) is 0 Å². The van der Waals surface area contributed by atoms with E-state index < -0.39 is 18.3 Å². The van der Waals surface area contributed by atoms with Gasteiger partial charge in [-0.1, -0.05) is 12.1 Å². The number of ether oxygens (including phenoxy) is 1. The lowest BCUT2D eigenvalue weighted by molar-refractivity contribution is 0.0299. The maximum atomic E-state index is 10.1. The largest absolute Gasteiger partial charge is 0.490 e. The van der Waals surface area contributed by atoms with Crippen molar-refractivity contribution in [3.8, 4) is 5.75 Å². The summed E-state index contributed by atoms with van der Waals surface area (Å²) in [6.07, 6.45) is -1.73. The second-order valence-corrected chi connectivity index (χ2v) is 6.17. The predicted molar refractivity (Wildman–Crippen MR) is 85.4 cm³/mol. The minimum absolute atomic E-state index is 0.152. The van der Waals surface area contributed by atoms with Crippen LogP contribution in [0.3, 0.4) is 0 Å². The van der Waals surface area contributed by atoms with Crippen LogP contribution in [0.4, 0.5) is 0 Å². The van der Waals surface area contributed by atoms with Gasteiger partial charge in [-0.2, -0.15) is 0 Å². The maximum absolute atomic E-state index is 10.1. The number of hydrogen-bond donors (Lipinski definition) is 3. The Morgan fingerprint density at radius 3 is 2.14 bits per heavy atom. The molecule has 3 atom stereocenters. The molecule has 0 saturated heterocycles. The van der Waals surface area contributed by atoms with Gasteiger partial charge in [-0.3, -0.25) is 4.90 Å². The minimum Gasteiger partial charge on any atom is -0.490 e. The normalized spacial score (nSPS) is 15.8. The molecule has 0 bridgehead atoms. The van der Waals surface area contributed by atoms with Crippen molar-refractivity contribution in [1.82, 2.24) is 4.90 Å². The smallest absolute Gasteiger partial charge is 0.133 e. The van der Waals surface area contributed by atoms with Gasteiger partial charge in [0.1, 0.15) is 18.5 Å². The highest BCUT2D eigenvalue weighted by molar-refractivity contribution is 9.10. The highest BCUT2D eigenvalue weighted by Crippen LogP contribution is 2.23. The Balaban J connectivity index is 2.46. The lowest BCUT2D eigenvalue weighted by atomic mass is 10.2. The number of rotatable bonds is 9. The van der Waals surface area contributed by atoms with E-state index in [1.54, 1.807) is 13.8 Å².